The van der Waals surface area contributed by atoms with Crippen LogP contribution in [0.3, 0.4) is 0 Å². The first-order valence-electron chi connectivity index (χ1n) is 8.69. The second-order valence-electron chi connectivity index (χ2n) is 5.86. The zero-order valence-electron chi connectivity index (χ0n) is 14.6. The predicted molar refractivity (Wildman–Crippen MR) is 104 cm³/mol. The number of hydrogen-bond donors (Lipinski definition) is 0. The average Bonchev–Trinajstić information content (AvgIpc) is 3.33. The molecule has 0 unspecified atom stereocenters. The fourth-order valence-electron chi connectivity index (χ4n) is 3.12. The van der Waals surface area contributed by atoms with E-state index in [-0.39, 0.29) is 11.8 Å². The molecule has 0 spiro atoms. The van der Waals surface area contributed by atoms with Crippen molar-refractivity contribution in [3.8, 4) is 5.00 Å². The van der Waals surface area contributed by atoms with Crippen molar-refractivity contribution in [1.29, 1.82) is 0 Å². The highest BCUT2D eigenvalue weighted by Crippen LogP contribution is 2.23. The average molecular weight is 353 g/mol. The van der Waals surface area contributed by atoms with Crippen molar-refractivity contribution >= 4 is 22.8 Å². The molecule has 0 fully saturated rings. The van der Waals surface area contributed by atoms with Gasteiger partial charge < -0.3 is 4.90 Å². The van der Waals surface area contributed by atoms with Crippen molar-refractivity contribution < 1.29 is 4.79 Å². The first-order valence-corrected chi connectivity index (χ1v) is 9.57. The summed E-state index contributed by atoms with van der Waals surface area (Å²) in [7, 11) is 0. The Morgan fingerprint density at radius 3 is 2.64 bits per heavy atom. The minimum Gasteiger partial charge on any atom is -0.361 e. The van der Waals surface area contributed by atoms with E-state index in [4.69, 9.17) is 0 Å². The molecule has 3 rings (SSSR count). The topological polar surface area (TPSA) is 38.1 Å². The molecule has 0 radical (unpaired) electrons. The van der Waals surface area contributed by atoms with E-state index in [1.54, 1.807) is 17.5 Å². The van der Waals surface area contributed by atoms with Gasteiger partial charge in [0.1, 0.15) is 5.00 Å². The molecule has 0 bridgehead atoms. The normalized spacial score (nSPS) is 12.1. The Morgan fingerprint density at radius 2 is 2.00 bits per heavy atom. The molecule has 0 aliphatic carbocycles. The van der Waals surface area contributed by atoms with Crippen molar-refractivity contribution in [3.63, 3.8) is 0 Å². The molecule has 2 heterocycles. The van der Waals surface area contributed by atoms with Crippen LogP contribution in [-0.4, -0.2) is 27.9 Å². The first kappa shape index (κ1) is 17.4. The molecule has 1 aromatic carbocycles. The smallest absolute Gasteiger partial charge is 0.220 e. The molecule has 3 aromatic rings. The number of nitrogens with zero attached hydrogens (tertiary/aromatic N) is 3. The van der Waals surface area contributed by atoms with Gasteiger partial charge in [-0.25, -0.2) is 4.98 Å². The van der Waals surface area contributed by atoms with E-state index in [0.29, 0.717) is 5.82 Å². The van der Waals surface area contributed by atoms with E-state index >= 15 is 0 Å². The lowest BCUT2D eigenvalue weighted by atomic mass is 10.0. The van der Waals surface area contributed by atoms with E-state index < -0.39 is 0 Å². The fourth-order valence-corrected chi connectivity index (χ4v) is 3.84. The van der Waals surface area contributed by atoms with Crippen LogP contribution in [-0.2, 0) is 0 Å². The van der Waals surface area contributed by atoms with Crippen LogP contribution in [0.1, 0.15) is 37.3 Å². The van der Waals surface area contributed by atoms with Gasteiger partial charge in [-0.1, -0.05) is 31.5 Å². The zero-order valence-corrected chi connectivity index (χ0v) is 15.4. The van der Waals surface area contributed by atoms with E-state index in [0.717, 1.165) is 30.1 Å². The number of thiophene rings is 1. The molecule has 1 atom stereocenters. The second-order valence-corrected chi connectivity index (χ2v) is 6.79. The number of aromatic nitrogens is 2. The Hall–Kier alpha value is -2.40. The van der Waals surface area contributed by atoms with Gasteiger partial charge >= 0.3 is 0 Å². The van der Waals surface area contributed by atoms with Gasteiger partial charge in [-0.2, -0.15) is 0 Å². The van der Waals surface area contributed by atoms with Gasteiger partial charge in [0.25, 0.3) is 0 Å². The third kappa shape index (κ3) is 3.66. The molecular weight excluding hydrogens is 330 g/mol. The molecule has 0 aliphatic rings. The van der Waals surface area contributed by atoms with Crippen molar-refractivity contribution in [3.05, 3.63) is 66.1 Å². The van der Waals surface area contributed by atoms with Crippen LogP contribution in [0.15, 0.2) is 60.2 Å². The first-order chi connectivity index (χ1) is 12.3. The maximum atomic E-state index is 13.4. The van der Waals surface area contributed by atoms with Gasteiger partial charge in [0.05, 0.1) is 6.04 Å². The second kappa shape index (κ2) is 8.12. The Balaban J connectivity index is 1.96. The number of anilines is 1. The quantitative estimate of drug-likeness (QED) is 0.545. The van der Waals surface area contributed by atoms with Gasteiger partial charge in [0, 0.05) is 24.6 Å². The Morgan fingerprint density at radius 1 is 1.20 bits per heavy atom. The molecule has 0 amide bonds. The van der Waals surface area contributed by atoms with Crippen LogP contribution in [0, 0.1) is 0 Å². The summed E-state index contributed by atoms with van der Waals surface area (Å²) < 4.78 is 1.90. The number of carbonyl (C=O) groups is 1. The molecule has 0 N–H and O–H groups in total. The highest BCUT2D eigenvalue weighted by molar-refractivity contribution is 7.12. The van der Waals surface area contributed by atoms with Gasteiger partial charge in [-0.15, -0.1) is 11.3 Å². The summed E-state index contributed by atoms with van der Waals surface area (Å²) in [5.41, 5.74) is 1.08. The number of rotatable bonds is 8. The number of para-hydroxylation sites is 1. The van der Waals surface area contributed by atoms with Crippen molar-refractivity contribution in [2.24, 2.45) is 0 Å². The third-order valence-electron chi connectivity index (χ3n) is 4.27. The Kier molecular flexibility index (Phi) is 5.66. The lowest BCUT2D eigenvalue weighted by Gasteiger charge is -2.31. The number of likely N-dealkylation sites (N-methyl/N-ethyl adjacent to an activating group) is 1. The molecule has 0 saturated carbocycles. The number of Topliss-reactive ketones (excluding diaryl/α,β-unsaturated/α-hetero) is 1. The number of benzene rings is 1. The van der Waals surface area contributed by atoms with Crippen molar-refractivity contribution in [1.82, 2.24) is 9.55 Å². The van der Waals surface area contributed by atoms with Crippen LogP contribution in [0.2, 0.25) is 0 Å². The summed E-state index contributed by atoms with van der Waals surface area (Å²) in [5, 5.41) is 3.02. The van der Waals surface area contributed by atoms with E-state index in [1.165, 1.54) is 0 Å². The summed E-state index contributed by atoms with van der Waals surface area (Å²) in [6.07, 6.45) is 5.31. The number of imidazole rings is 1. The largest absolute Gasteiger partial charge is 0.361 e. The summed E-state index contributed by atoms with van der Waals surface area (Å²) >= 11 is 1.60. The van der Waals surface area contributed by atoms with Crippen LogP contribution in [0.25, 0.3) is 5.00 Å². The SMILES string of the molecule is CCC[C@@H](C(=O)c1nccn1-c1cccs1)N(CC)c1ccccc1. The number of carbonyl (C=O) groups excluding carboxylic acids is 1. The molecule has 130 valence electrons. The van der Waals surface area contributed by atoms with Gasteiger partial charge in [0.15, 0.2) is 5.82 Å². The van der Waals surface area contributed by atoms with Crippen molar-refractivity contribution in [2.45, 2.75) is 32.7 Å². The Bertz CT molecular complexity index is 795. The third-order valence-corrected chi connectivity index (χ3v) is 5.14. The molecule has 0 saturated heterocycles. The molecule has 4 nitrogen and oxygen atoms in total. The van der Waals surface area contributed by atoms with Crippen molar-refractivity contribution in [2.75, 3.05) is 11.4 Å². The number of ketones is 1. The summed E-state index contributed by atoms with van der Waals surface area (Å²) in [6, 6.07) is 13.9. The molecule has 0 aliphatic heterocycles. The highest BCUT2D eigenvalue weighted by atomic mass is 32.1. The van der Waals surface area contributed by atoms with E-state index in [1.807, 2.05) is 46.5 Å². The minimum atomic E-state index is -0.210. The van der Waals surface area contributed by atoms with Crippen LogP contribution in [0.4, 0.5) is 5.69 Å². The van der Waals surface area contributed by atoms with Crippen LogP contribution < -0.4 is 4.90 Å². The van der Waals surface area contributed by atoms with Gasteiger partial charge in [-0.3, -0.25) is 9.36 Å². The molecule has 25 heavy (non-hydrogen) atoms. The zero-order chi connectivity index (χ0) is 17.6. The Labute approximate surface area is 152 Å². The van der Waals surface area contributed by atoms with Crippen LogP contribution >= 0.6 is 11.3 Å². The molecule has 2 aromatic heterocycles. The summed E-state index contributed by atoms with van der Waals surface area (Å²) in [6.45, 7) is 4.99. The standard InChI is InChI=1S/C20H23N3OS/c1-3-9-17(22(4-2)16-10-6-5-7-11-16)19(24)20-21-13-14-23(20)18-12-8-15-25-18/h5-8,10-15,17H,3-4,9H2,1-2H3/t17-/m0/s1. The number of hydrogen-bond acceptors (Lipinski definition) is 4. The van der Waals surface area contributed by atoms with E-state index in [9.17, 15) is 4.79 Å². The van der Waals surface area contributed by atoms with Gasteiger partial charge in [-0.05, 0) is 43.0 Å². The monoisotopic (exact) mass is 353 g/mol. The van der Waals surface area contributed by atoms with Gasteiger partial charge in [0.2, 0.25) is 5.78 Å². The molecular formula is C20H23N3OS. The summed E-state index contributed by atoms with van der Waals surface area (Å²) in [4.78, 5) is 19.9. The maximum Gasteiger partial charge on any atom is 0.220 e. The fraction of sp³-hybridized carbons (Fsp3) is 0.300. The highest BCUT2D eigenvalue weighted by Gasteiger charge is 2.29. The summed E-state index contributed by atoms with van der Waals surface area (Å²) in [5.74, 6) is 0.584. The molecule has 5 heteroatoms. The van der Waals surface area contributed by atoms with Crippen LogP contribution in [0.5, 0.6) is 0 Å². The lowest BCUT2D eigenvalue weighted by molar-refractivity contribution is 0.0941. The van der Waals surface area contributed by atoms with E-state index in [2.05, 4.69) is 35.9 Å². The maximum absolute atomic E-state index is 13.4. The predicted octanol–water partition coefficient (Wildman–Crippen LogP) is 4.81. The minimum absolute atomic E-state index is 0.0750. The lowest BCUT2D eigenvalue weighted by Crippen LogP contribution is -2.42.